The predicted molar refractivity (Wildman–Crippen MR) is 84.5 cm³/mol. The lowest BCUT2D eigenvalue weighted by atomic mass is 10.2. The van der Waals surface area contributed by atoms with Crippen molar-refractivity contribution in [1.29, 1.82) is 0 Å². The Labute approximate surface area is 125 Å². The molecule has 1 aliphatic rings. The van der Waals surface area contributed by atoms with Gasteiger partial charge in [-0.1, -0.05) is 12.1 Å². The van der Waals surface area contributed by atoms with E-state index in [2.05, 4.69) is 16.3 Å². The Morgan fingerprint density at radius 2 is 2.20 bits per heavy atom. The van der Waals surface area contributed by atoms with Crippen LogP contribution in [0.15, 0.2) is 24.3 Å². The molecule has 0 spiro atoms. The van der Waals surface area contributed by atoms with E-state index in [1.807, 2.05) is 30.0 Å². The van der Waals surface area contributed by atoms with Crippen LogP contribution in [0.25, 0.3) is 0 Å². The largest absolute Gasteiger partial charge is 0.497 e. The molecular formula is C15H24N2O2S. The van der Waals surface area contributed by atoms with Crippen LogP contribution in [0.2, 0.25) is 0 Å². The van der Waals surface area contributed by atoms with Gasteiger partial charge in [-0.3, -0.25) is 0 Å². The summed E-state index contributed by atoms with van der Waals surface area (Å²) in [6, 6.07) is 8.16. The molecule has 0 saturated carbocycles. The second kappa shape index (κ2) is 8.52. The normalized spacial score (nSPS) is 17.9. The summed E-state index contributed by atoms with van der Waals surface area (Å²) in [6.45, 7) is 4.10. The molecule has 0 unspecified atom stereocenters. The van der Waals surface area contributed by atoms with Gasteiger partial charge in [0.25, 0.3) is 0 Å². The van der Waals surface area contributed by atoms with Crippen molar-refractivity contribution in [3.8, 4) is 5.75 Å². The second-order valence-electron chi connectivity index (χ2n) is 5.02. The van der Waals surface area contributed by atoms with E-state index >= 15 is 0 Å². The second-order valence-corrected chi connectivity index (χ2v) is 6.25. The number of nitrogens with one attached hydrogen (secondary N) is 1. The minimum atomic E-state index is 0.129. The van der Waals surface area contributed by atoms with E-state index < -0.39 is 0 Å². The van der Waals surface area contributed by atoms with Gasteiger partial charge in [0, 0.05) is 43.7 Å². The van der Waals surface area contributed by atoms with Crippen molar-refractivity contribution in [2.24, 2.45) is 0 Å². The fourth-order valence-corrected chi connectivity index (χ4v) is 3.31. The number of benzene rings is 1. The number of aliphatic hydroxyl groups is 1. The Balaban J connectivity index is 1.80. The van der Waals surface area contributed by atoms with Crippen molar-refractivity contribution in [1.82, 2.24) is 10.2 Å². The highest BCUT2D eigenvalue weighted by Gasteiger charge is 2.15. The Bertz CT molecular complexity index is 397. The number of rotatable bonds is 7. The Hall–Kier alpha value is -0.750. The van der Waals surface area contributed by atoms with Crippen molar-refractivity contribution < 1.29 is 9.84 Å². The first-order valence-corrected chi connectivity index (χ1v) is 8.24. The minimum absolute atomic E-state index is 0.129. The van der Waals surface area contributed by atoms with Gasteiger partial charge >= 0.3 is 0 Å². The molecule has 2 rings (SSSR count). The highest BCUT2D eigenvalue weighted by Crippen LogP contribution is 2.13. The van der Waals surface area contributed by atoms with Gasteiger partial charge < -0.3 is 20.1 Å². The van der Waals surface area contributed by atoms with Crippen LogP contribution in [-0.4, -0.2) is 60.9 Å². The molecule has 0 aromatic heterocycles. The maximum atomic E-state index is 9.52. The Kier molecular flexibility index (Phi) is 6.66. The Morgan fingerprint density at radius 1 is 1.40 bits per heavy atom. The third-order valence-electron chi connectivity index (χ3n) is 3.53. The summed E-state index contributed by atoms with van der Waals surface area (Å²) >= 11 is 2.01. The first kappa shape index (κ1) is 15.6. The molecule has 4 nitrogen and oxygen atoms in total. The summed E-state index contributed by atoms with van der Waals surface area (Å²) < 4.78 is 5.22. The first-order chi connectivity index (χ1) is 9.81. The average molecular weight is 296 g/mol. The van der Waals surface area contributed by atoms with Crippen LogP contribution in [0.1, 0.15) is 5.56 Å². The quantitative estimate of drug-likeness (QED) is 0.791. The standard InChI is InChI=1S/C15H24N2O2S/c1-19-15-4-2-3-13(9-15)10-16-14(12-18)11-17-5-7-20-8-6-17/h2-4,9,14,16,18H,5-8,10-12H2,1H3/t14-/m0/s1. The topological polar surface area (TPSA) is 44.7 Å². The SMILES string of the molecule is COc1cccc(CN[C@H](CO)CN2CCSCC2)c1. The zero-order valence-corrected chi connectivity index (χ0v) is 12.9. The van der Waals surface area contributed by atoms with Crippen molar-refractivity contribution >= 4 is 11.8 Å². The van der Waals surface area contributed by atoms with E-state index in [-0.39, 0.29) is 12.6 Å². The lowest BCUT2D eigenvalue weighted by Crippen LogP contribution is -2.45. The lowest BCUT2D eigenvalue weighted by Gasteiger charge is -2.30. The van der Waals surface area contributed by atoms with Crippen molar-refractivity contribution in [2.45, 2.75) is 12.6 Å². The maximum absolute atomic E-state index is 9.52. The minimum Gasteiger partial charge on any atom is -0.497 e. The number of aliphatic hydroxyl groups excluding tert-OH is 1. The fourth-order valence-electron chi connectivity index (χ4n) is 2.33. The third kappa shape index (κ3) is 4.98. The first-order valence-electron chi connectivity index (χ1n) is 7.09. The van der Waals surface area contributed by atoms with Gasteiger partial charge in [0.2, 0.25) is 0 Å². The van der Waals surface area contributed by atoms with E-state index in [4.69, 9.17) is 4.74 Å². The number of methoxy groups -OCH3 is 1. The molecule has 1 aromatic rings. The van der Waals surface area contributed by atoms with Crippen LogP contribution in [0.3, 0.4) is 0 Å². The van der Waals surface area contributed by atoms with Gasteiger partial charge in [-0.05, 0) is 17.7 Å². The van der Waals surface area contributed by atoms with Crippen molar-refractivity contribution in [3.05, 3.63) is 29.8 Å². The average Bonchev–Trinajstić information content (AvgIpc) is 2.52. The molecule has 112 valence electrons. The molecule has 5 heteroatoms. The van der Waals surface area contributed by atoms with E-state index in [0.717, 1.165) is 31.9 Å². The molecular weight excluding hydrogens is 272 g/mol. The smallest absolute Gasteiger partial charge is 0.119 e. The number of ether oxygens (including phenoxy) is 1. The van der Waals surface area contributed by atoms with Gasteiger partial charge in [-0.2, -0.15) is 11.8 Å². The Morgan fingerprint density at radius 3 is 2.90 bits per heavy atom. The van der Waals surface area contributed by atoms with Gasteiger partial charge in [0.1, 0.15) is 5.75 Å². The molecule has 0 aliphatic carbocycles. The summed E-state index contributed by atoms with van der Waals surface area (Å²) in [7, 11) is 1.68. The number of hydrogen-bond donors (Lipinski definition) is 2. The van der Waals surface area contributed by atoms with Crippen LogP contribution >= 0.6 is 11.8 Å². The summed E-state index contributed by atoms with van der Waals surface area (Å²) in [5.74, 6) is 3.28. The summed E-state index contributed by atoms with van der Waals surface area (Å²) in [4.78, 5) is 2.43. The van der Waals surface area contributed by atoms with Crippen molar-refractivity contribution in [3.63, 3.8) is 0 Å². The molecule has 0 radical (unpaired) electrons. The molecule has 1 fully saturated rings. The summed E-state index contributed by atoms with van der Waals surface area (Å²) in [5.41, 5.74) is 1.18. The highest BCUT2D eigenvalue weighted by atomic mass is 32.2. The zero-order chi connectivity index (χ0) is 14.2. The predicted octanol–water partition coefficient (Wildman–Crippen LogP) is 1.19. The van der Waals surface area contributed by atoms with Crippen LogP contribution in [-0.2, 0) is 6.54 Å². The summed E-state index contributed by atoms with van der Waals surface area (Å²) in [5, 5.41) is 12.9. The van der Waals surface area contributed by atoms with Gasteiger partial charge in [-0.15, -0.1) is 0 Å². The fraction of sp³-hybridized carbons (Fsp3) is 0.600. The van der Waals surface area contributed by atoms with E-state index in [0.29, 0.717) is 0 Å². The van der Waals surface area contributed by atoms with Gasteiger partial charge in [-0.25, -0.2) is 0 Å². The summed E-state index contributed by atoms with van der Waals surface area (Å²) in [6.07, 6.45) is 0. The molecule has 2 N–H and O–H groups in total. The molecule has 1 saturated heterocycles. The molecule has 1 heterocycles. The van der Waals surface area contributed by atoms with Gasteiger partial charge in [0.15, 0.2) is 0 Å². The molecule has 1 aliphatic heterocycles. The monoisotopic (exact) mass is 296 g/mol. The molecule has 20 heavy (non-hydrogen) atoms. The molecule has 1 aromatic carbocycles. The maximum Gasteiger partial charge on any atom is 0.119 e. The van der Waals surface area contributed by atoms with Gasteiger partial charge in [0.05, 0.1) is 13.7 Å². The van der Waals surface area contributed by atoms with Crippen LogP contribution in [0.4, 0.5) is 0 Å². The molecule has 1 atom stereocenters. The highest BCUT2D eigenvalue weighted by molar-refractivity contribution is 7.99. The molecule has 0 amide bonds. The number of nitrogens with zero attached hydrogens (tertiary/aromatic N) is 1. The van der Waals surface area contributed by atoms with E-state index in [1.165, 1.54) is 17.1 Å². The van der Waals surface area contributed by atoms with Crippen LogP contribution < -0.4 is 10.1 Å². The number of thioether (sulfide) groups is 1. The number of hydrogen-bond acceptors (Lipinski definition) is 5. The zero-order valence-electron chi connectivity index (χ0n) is 12.0. The van der Waals surface area contributed by atoms with E-state index in [9.17, 15) is 5.11 Å². The third-order valence-corrected chi connectivity index (χ3v) is 4.47. The molecule has 0 bridgehead atoms. The van der Waals surface area contributed by atoms with Crippen molar-refractivity contribution in [2.75, 3.05) is 44.9 Å². The van der Waals surface area contributed by atoms with E-state index in [1.54, 1.807) is 7.11 Å². The lowest BCUT2D eigenvalue weighted by molar-refractivity contribution is 0.188. The van der Waals surface area contributed by atoms with Crippen LogP contribution in [0.5, 0.6) is 5.75 Å². The van der Waals surface area contributed by atoms with Crippen LogP contribution in [0, 0.1) is 0 Å².